The highest BCUT2D eigenvalue weighted by molar-refractivity contribution is 5.77. The van der Waals surface area contributed by atoms with Crippen molar-refractivity contribution < 1.29 is 19.0 Å². The molecule has 0 saturated carbocycles. The van der Waals surface area contributed by atoms with Crippen LogP contribution in [0.5, 0.6) is 5.75 Å². The van der Waals surface area contributed by atoms with Gasteiger partial charge in [-0.2, -0.15) is 0 Å². The monoisotopic (exact) mass is 495 g/mol. The molecule has 194 valence electrons. The van der Waals surface area contributed by atoms with Crippen molar-refractivity contribution in [1.82, 2.24) is 10.2 Å². The van der Waals surface area contributed by atoms with Crippen LogP contribution in [0, 0.1) is 5.82 Å². The lowest BCUT2D eigenvalue weighted by atomic mass is 9.85. The number of rotatable bonds is 5. The Kier molecular flexibility index (Phi) is 6.97. The molecule has 0 bridgehead atoms. The second-order valence-electron chi connectivity index (χ2n) is 11.1. The van der Waals surface area contributed by atoms with Gasteiger partial charge in [0.1, 0.15) is 11.6 Å². The number of aliphatic hydroxyl groups is 1. The second kappa shape index (κ2) is 10.0. The summed E-state index contributed by atoms with van der Waals surface area (Å²) in [5.74, 6) is 0.695. The van der Waals surface area contributed by atoms with E-state index in [0.29, 0.717) is 38.9 Å². The summed E-state index contributed by atoms with van der Waals surface area (Å²) < 4.78 is 19.3. The number of nitrogens with zero attached hydrogens (tertiary/aromatic N) is 2. The predicted molar refractivity (Wildman–Crippen MR) is 139 cm³/mol. The maximum atomic E-state index is 13.8. The van der Waals surface area contributed by atoms with Gasteiger partial charge in [0.2, 0.25) is 5.91 Å². The zero-order valence-corrected chi connectivity index (χ0v) is 21.4. The summed E-state index contributed by atoms with van der Waals surface area (Å²) in [5.41, 5.74) is 0.808. The van der Waals surface area contributed by atoms with Gasteiger partial charge in [0.05, 0.1) is 18.2 Å². The molecular weight excluding hydrogens is 457 g/mol. The average molecular weight is 496 g/mol. The molecule has 3 atom stereocenters. The van der Waals surface area contributed by atoms with Crippen LogP contribution in [0.15, 0.2) is 48.5 Å². The maximum absolute atomic E-state index is 13.8. The first-order valence-corrected chi connectivity index (χ1v) is 13.2. The number of ether oxygens (including phenoxy) is 1. The second-order valence-corrected chi connectivity index (χ2v) is 11.1. The summed E-state index contributed by atoms with van der Waals surface area (Å²) >= 11 is 0. The molecule has 36 heavy (non-hydrogen) atoms. The lowest BCUT2D eigenvalue weighted by Gasteiger charge is -2.45. The number of methoxy groups -OCH3 is 1. The summed E-state index contributed by atoms with van der Waals surface area (Å²) in [6.45, 7) is 4.07. The highest BCUT2D eigenvalue weighted by atomic mass is 19.1. The molecule has 3 fully saturated rings. The van der Waals surface area contributed by atoms with Gasteiger partial charge < -0.3 is 20.1 Å². The molecular formula is C29H38FN3O3. The molecule has 0 aromatic heterocycles. The lowest BCUT2D eigenvalue weighted by Crippen LogP contribution is -2.58. The minimum Gasteiger partial charge on any atom is -0.497 e. The first kappa shape index (κ1) is 25.0. The number of carbonyl (C=O) groups is 1. The number of fused-ring (bicyclic) bond motifs is 1. The van der Waals surface area contributed by atoms with Crippen molar-refractivity contribution in [2.45, 2.75) is 75.1 Å². The van der Waals surface area contributed by atoms with E-state index < -0.39 is 5.60 Å². The fourth-order valence-corrected chi connectivity index (χ4v) is 6.59. The molecule has 2 N–H and O–H groups in total. The summed E-state index contributed by atoms with van der Waals surface area (Å²) in [4.78, 5) is 17.3. The van der Waals surface area contributed by atoms with Crippen LogP contribution < -0.4 is 15.0 Å². The van der Waals surface area contributed by atoms with Crippen LogP contribution in [-0.4, -0.2) is 59.8 Å². The van der Waals surface area contributed by atoms with Crippen molar-refractivity contribution in [3.63, 3.8) is 0 Å². The first-order valence-electron chi connectivity index (χ1n) is 13.2. The number of nitrogens with one attached hydrogen (secondary N) is 1. The molecule has 3 saturated heterocycles. The van der Waals surface area contributed by atoms with Crippen molar-refractivity contribution in [3.8, 4) is 5.75 Å². The minimum atomic E-state index is -0.849. The molecule has 3 aliphatic rings. The van der Waals surface area contributed by atoms with E-state index in [0.717, 1.165) is 42.7 Å². The molecule has 3 aliphatic heterocycles. The number of benzene rings is 2. The Hall–Kier alpha value is -2.64. The van der Waals surface area contributed by atoms with Gasteiger partial charge >= 0.3 is 0 Å². The molecule has 3 heterocycles. The van der Waals surface area contributed by atoms with Crippen molar-refractivity contribution >= 4 is 11.6 Å². The van der Waals surface area contributed by atoms with Gasteiger partial charge in [-0.05, 0) is 74.9 Å². The molecule has 0 aliphatic carbocycles. The SMILES string of the molecule is COc1cccc([C@@H]2C[C@]3(C)NC(=O)CCCC[C@@H]3N2CC2(O)CCN(c3cccc(F)c3)CC2)c1. The topological polar surface area (TPSA) is 65.0 Å². The van der Waals surface area contributed by atoms with E-state index in [1.807, 2.05) is 18.2 Å². The molecule has 2 aromatic carbocycles. The van der Waals surface area contributed by atoms with E-state index in [4.69, 9.17) is 4.74 Å². The van der Waals surface area contributed by atoms with Crippen molar-refractivity contribution in [3.05, 3.63) is 59.9 Å². The van der Waals surface area contributed by atoms with Gasteiger partial charge in [0, 0.05) is 43.8 Å². The zero-order chi connectivity index (χ0) is 25.3. The van der Waals surface area contributed by atoms with Crippen LogP contribution in [0.3, 0.4) is 0 Å². The van der Waals surface area contributed by atoms with Gasteiger partial charge in [-0.15, -0.1) is 0 Å². The molecule has 7 heteroatoms. The number of amides is 1. The van der Waals surface area contributed by atoms with E-state index in [-0.39, 0.29) is 29.3 Å². The van der Waals surface area contributed by atoms with Crippen LogP contribution in [0.4, 0.5) is 10.1 Å². The largest absolute Gasteiger partial charge is 0.497 e. The molecule has 2 aromatic rings. The number of halogens is 1. The van der Waals surface area contributed by atoms with Crippen LogP contribution in [0.25, 0.3) is 0 Å². The average Bonchev–Trinajstić information content (AvgIpc) is 3.11. The van der Waals surface area contributed by atoms with E-state index in [9.17, 15) is 14.3 Å². The van der Waals surface area contributed by atoms with Gasteiger partial charge in [0.25, 0.3) is 0 Å². The van der Waals surface area contributed by atoms with Gasteiger partial charge in [-0.25, -0.2) is 4.39 Å². The number of piperidine rings is 1. The molecule has 1 amide bonds. The van der Waals surface area contributed by atoms with Gasteiger partial charge in [-0.3, -0.25) is 9.69 Å². The third-order valence-corrected chi connectivity index (χ3v) is 8.53. The number of anilines is 1. The Balaban J connectivity index is 1.40. The molecule has 0 spiro atoms. The van der Waals surface area contributed by atoms with Crippen molar-refractivity contribution in [1.29, 1.82) is 0 Å². The fraction of sp³-hybridized carbons (Fsp3) is 0.552. The van der Waals surface area contributed by atoms with Crippen LogP contribution in [-0.2, 0) is 4.79 Å². The van der Waals surface area contributed by atoms with Crippen LogP contribution in [0.1, 0.15) is 63.5 Å². The number of hydrogen-bond donors (Lipinski definition) is 2. The zero-order valence-electron chi connectivity index (χ0n) is 21.4. The third kappa shape index (κ3) is 5.09. The third-order valence-electron chi connectivity index (χ3n) is 8.53. The number of carbonyl (C=O) groups excluding carboxylic acids is 1. The quantitative estimate of drug-likeness (QED) is 0.643. The molecule has 0 radical (unpaired) electrons. The summed E-state index contributed by atoms with van der Waals surface area (Å²) in [5, 5.41) is 15.2. The van der Waals surface area contributed by atoms with Gasteiger partial charge in [-0.1, -0.05) is 24.6 Å². The molecule has 6 nitrogen and oxygen atoms in total. The number of likely N-dealkylation sites (tertiary alicyclic amines) is 1. The van der Waals surface area contributed by atoms with E-state index in [1.54, 1.807) is 19.2 Å². The van der Waals surface area contributed by atoms with Crippen LogP contribution in [0.2, 0.25) is 0 Å². The van der Waals surface area contributed by atoms with E-state index >= 15 is 0 Å². The standard InChI is InChI=1S/C29H38FN3O3/c1-28-19-25(21-7-5-10-24(17-21)36-2)33(26(28)11-3-4-12-27(34)31-28)20-29(35)13-15-32(16-14-29)23-9-6-8-22(30)18-23/h5-10,17-18,25-26,35H,3-4,11-16,19-20H2,1-2H3,(H,31,34)/t25-,26-,28-/m0/s1. The number of β-amino-alcohol motifs (C(OH)–C–C–N with tert-alkyl or cyclic N) is 1. The maximum Gasteiger partial charge on any atom is 0.220 e. The lowest BCUT2D eigenvalue weighted by molar-refractivity contribution is -0.124. The summed E-state index contributed by atoms with van der Waals surface area (Å²) in [6, 6.07) is 15.1. The minimum absolute atomic E-state index is 0.0683. The normalized spacial score (nSPS) is 28.7. The Bertz CT molecular complexity index is 1090. The highest BCUT2D eigenvalue weighted by Gasteiger charge is 2.52. The van der Waals surface area contributed by atoms with Crippen molar-refractivity contribution in [2.75, 3.05) is 31.6 Å². The van der Waals surface area contributed by atoms with Gasteiger partial charge in [0.15, 0.2) is 0 Å². The highest BCUT2D eigenvalue weighted by Crippen LogP contribution is 2.47. The Morgan fingerprint density at radius 2 is 1.92 bits per heavy atom. The number of hydrogen-bond acceptors (Lipinski definition) is 5. The van der Waals surface area contributed by atoms with Crippen LogP contribution >= 0.6 is 0 Å². The molecule has 0 unspecified atom stereocenters. The Labute approximate surface area is 213 Å². The van der Waals surface area contributed by atoms with Crippen molar-refractivity contribution in [2.24, 2.45) is 0 Å². The van der Waals surface area contributed by atoms with E-state index in [1.165, 1.54) is 6.07 Å². The summed E-state index contributed by atoms with van der Waals surface area (Å²) in [6.07, 6.45) is 5.47. The Morgan fingerprint density at radius 1 is 1.14 bits per heavy atom. The first-order chi connectivity index (χ1) is 17.3. The smallest absolute Gasteiger partial charge is 0.220 e. The predicted octanol–water partition coefficient (Wildman–Crippen LogP) is 4.43. The molecule has 5 rings (SSSR count). The van der Waals surface area contributed by atoms with E-state index in [2.05, 4.69) is 34.2 Å². The fourth-order valence-electron chi connectivity index (χ4n) is 6.59. The Morgan fingerprint density at radius 3 is 2.67 bits per heavy atom. The summed E-state index contributed by atoms with van der Waals surface area (Å²) in [7, 11) is 1.68.